The largest absolute Gasteiger partial charge is 0.368 e. The number of hydrogen-bond acceptors (Lipinski definition) is 4. The minimum atomic E-state index is 0. The molecule has 0 saturated carbocycles. The van der Waals surface area contributed by atoms with E-state index in [9.17, 15) is 0 Å². The molecule has 0 aliphatic carbocycles. The number of aromatic amines is 1. The zero-order valence-electron chi connectivity index (χ0n) is 3.88. The summed E-state index contributed by atoms with van der Waals surface area (Å²) in [6.07, 6.45) is 0. The molecule has 0 amide bonds. The van der Waals surface area contributed by atoms with Gasteiger partial charge in [-0.3, -0.25) is 0 Å². The van der Waals surface area contributed by atoms with Crippen LogP contribution in [0.15, 0.2) is 0 Å². The third-order valence-electron chi connectivity index (χ3n) is 0.520. The molecule has 0 aliphatic heterocycles. The van der Waals surface area contributed by atoms with Crippen molar-refractivity contribution in [3.05, 3.63) is 0 Å². The van der Waals surface area contributed by atoms with Crippen molar-refractivity contribution in [3.63, 3.8) is 0 Å². The van der Waals surface area contributed by atoms with Gasteiger partial charge in [-0.2, -0.15) is 4.98 Å². The Morgan fingerprint density at radius 1 is 1.38 bits per heavy atom. The molecule has 0 atom stereocenters. The molecule has 0 unspecified atom stereocenters. The molecule has 0 aliphatic rings. The van der Waals surface area contributed by atoms with Gasteiger partial charge in [0.1, 0.15) is 0 Å². The van der Waals surface area contributed by atoms with E-state index in [2.05, 4.69) is 15.2 Å². The van der Waals surface area contributed by atoms with Crippen LogP contribution in [0.1, 0.15) is 0 Å². The predicted molar refractivity (Wildman–Crippen MR) is 25.2 cm³/mol. The molecule has 0 aromatic carbocycles. The summed E-state index contributed by atoms with van der Waals surface area (Å²) in [4.78, 5) is 3.50. The van der Waals surface area contributed by atoms with Crippen LogP contribution in [0.25, 0.3) is 0 Å². The number of nitrogen functional groups attached to an aromatic ring is 2. The molecule has 1 radical (unpaired) electrons. The molecule has 5 nitrogen and oxygen atoms in total. The first kappa shape index (κ1) is 7.25. The number of hydrogen-bond donors (Lipinski definition) is 3. The second-order valence-electron chi connectivity index (χ2n) is 1.08. The van der Waals surface area contributed by atoms with Crippen LogP contribution in [0.3, 0.4) is 0 Å². The standard InChI is InChI=1S/C2H5N5.Co/c3-1-5-2(4)7-6-1;/h(H5,3,4,5,6,7);. The summed E-state index contributed by atoms with van der Waals surface area (Å²) < 4.78 is 0. The Balaban J connectivity index is 0.000000490. The average Bonchev–Trinajstić information content (AvgIpc) is 1.87. The maximum atomic E-state index is 5.07. The number of H-pyrrole nitrogens is 1. The Morgan fingerprint density at radius 2 is 2.00 bits per heavy atom. The molecule has 6 heteroatoms. The van der Waals surface area contributed by atoms with E-state index in [1.165, 1.54) is 0 Å². The molecule has 0 bridgehead atoms. The summed E-state index contributed by atoms with van der Waals surface area (Å²) >= 11 is 0. The number of aromatic nitrogens is 3. The smallest absolute Gasteiger partial charge is 0.241 e. The molecule has 8 heavy (non-hydrogen) atoms. The van der Waals surface area contributed by atoms with Crippen molar-refractivity contribution in [2.75, 3.05) is 11.5 Å². The fourth-order valence-electron chi connectivity index (χ4n) is 0.288. The molecular formula is C2H5CoN5. The van der Waals surface area contributed by atoms with Crippen molar-refractivity contribution in [3.8, 4) is 0 Å². The van der Waals surface area contributed by atoms with Crippen LogP contribution in [0, 0.1) is 0 Å². The maximum absolute atomic E-state index is 5.07. The van der Waals surface area contributed by atoms with Gasteiger partial charge < -0.3 is 11.5 Å². The number of rotatable bonds is 0. The fraction of sp³-hybridized carbons (Fsp3) is 0. The van der Waals surface area contributed by atoms with Crippen molar-refractivity contribution in [2.45, 2.75) is 0 Å². The summed E-state index contributed by atoms with van der Waals surface area (Å²) in [7, 11) is 0. The number of nitrogens with one attached hydrogen (secondary N) is 1. The predicted octanol–water partition coefficient (Wildman–Crippen LogP) is -1.03. The topological polar surface area (TPSA) is 93.6 Å². The van der Waals surface area contributed by atoms with Gasteiger partial charge in [0.05, 0.1) is 0 Å². The van der Waals surface area contributed by atoms with Crippen molar-refractivity contribution >= 4 is 11.9 Å². The van der Waals surface area contributed by atoms with Gasteiger partial charge in [0.2, 0.25) is 11.9 Å². The van der Waals surface area contributed by atoms with Crippen molar-refractivity contribution in [2.24, 2.45) is 0 Å². The Bertz CT molecular complexity index is 143. The van der Waals surface area contributed by atoms with Crippen LogP contribution in [0.2, 0.25) is 0 Å². The van der Waals surface area contributed by atoms with E-state index in [-0.39, 0.29) is 28.7 Å². The first-order valence-electron chi connectivity index (χ1n) is 1.72. The van der Waals surface area contributed by atoms with Crippen LogP contribution in [-0.4, -0.2) is 15.2 Å². The van der Waals surface area contributed by atoms with Crippen molar-refractivity contribution < 1.29 is 16.8 Å². The summed E-state index contributed by atoms with van der Waals surface area (Å²) in [5, 5.41) is 5.79. The zero-order chi connectivity index (χ0) is 5.28. The molecule has 5 N–H and O–H groups in total. The summed E-state index contributed by atoms with van der Waals surface area (Å²) in [5.74, 6) is 0.426. The molecule has 1 aromatic rings. The number of anilines is 2. The second-order valence-corrected chi connectivity index (χ2v) is 1.08. The van der Waals surface area contributed by atoms with E-state index in [1.807, 2.05) is 0 Å². The first-order chi connectivity index (χ1) is 3.29. The quantitative estimate of drug-likeness (QED) is 0.449. The van der Waals surface area contributed by atoms with Crippen LogP contribution < -0.4 is 11.5 Å². The van der Waals surface area contributed by atoms with Gasteiger partial charge >= 0.3 is 0 Å². The minimum Gasteiger partial charge on any atom is -0.368 e. The van der Waals surface area contributed by atoms with Gasteiger partial charge in [0.25, 0.3) is 0 Å². The average molecular weight is 158 g/mol. The van der Waals surface area contributed by atoms with Crippen LogP contribution >= 0.6 is 0 Å². The minimum absolute atomic E-state index is 0. The first-order valence-corrected chi connectivity index (χ1v) is 1.72. The van der Waals surface area contributed by atoms with Gasteiger partial charge in [-0.15, -0.1) is 5.10 Å². The van der Waals surface area contributed by atoms with E-state index in [0.717, 1.165) is 0 Å². The number of nitrogens with two attached hydrogens (primary N) is 2. The van der Waals surface area contributed by atoms with Crippen LogP contribution in [0.4, 0.5) is 11.9 Å². The van der Waals surface area contributed by atoms with E-state index >= 15 is 0 Å². The van der Waals surface area contributed by atoms with E-state index in [0.29, 0.717) is 0 Å². The third kappa shape index (κ3) is 1.39. The summed E-state index contributed by atoms with van der Waals surface area (Å²) in [6.45, 7) is 0. The molecule has 1 aromatic heterocycles. The SMILES string of the molecule is Nc1n[nH]c(N)n1.[Co]. The third-order valence-corrected chi connectivity index (χ3v) is 0.520. The molecular weight excluding hydrogens is 153 g/mol. The van der Waals surface area contributed by atoms with Crippen molar-refractivity contribution in [1.82, 2.24) is 15.2 Å². The number of nitrogens with zero attached hydrogens (tertiary/aromatic N) is 2. The fourth-order valence-corrected chi connectivity index (χ4v) is 0.288. The Labute approximate surface area is 56.0 Å². The normalized spacial score (nSPS) is 8.00. The Kier molecular flexibility index (Phi) is 2.29. The van der Waals surface area contributed by atoms with E-state index in [4.69, 9.17) is 11.5 Å². The summed E-state index contributed by atoms with van der Waals surface area (Å²) in [6, 6.07) is 0. The van der Waals surface area contributed by atoms with Crippen LogP contribution in [0.5, 0.6) is 0 Å². The van der Waals surface area contributed by atoms with Gasteiger partial charge in [-0.05, 0) is 0 Å². The monoisotopic (exact) mass is 158 g/mol. The molecule has 1 rings (SSSR count). The Hall–Kier alpha value is -0.754. The van der Waals surface area contributed by atoms with E-state index < -0.39 is 0 Å². The zero-order valence-corrected chi connectivity index (χ0v) is 4.92. The molecule has 47 valence electrons. The maximum Gasteiger partial charge on any atom is 0.241 e. The molecule has 0 saturated heterocycles. The van der Waals surface area contributed by atoms with Gasteiger partial charge in [0, 0.05) is 16.8 Å². The van der Waals surface area contributed by atoms with Crippen LogP contribution in [-0.2, 0) is 16.8 Å². The second kappa shape index (κ2) is 2.53. The molecule has 0 fully saturated rings. The van der Waals surface area contributed by atoms with Gasteiger partial charge in [0.15, 0.2) is 0 Å². The van der Waals surface area contributed by atoms with Crippen molar-refractivity contribution in [1.29, 1.82) is 0 Å². The molecule has 1 heterocycles. The van der Waals surface area contributed by atoms with E-state index in [1.54, 1.807) is 0 Å². The Morgan fingerprint density at radius 3 is 2.12 bits per heavy atom. The summed E-state index contributed by atoms with van der Waals surface area (Å²) in [5.41, 5.74) is 10.1. The van der Waals surface area contributed by atoms with Gasteiger partial charge in [-0.25, -0.2) is 5.10 Å². The van der Waals surface area contributed by atoms with Gasteiger partial charge in [-0.1, -0.05) is 0 Å². The molecule has 0 spiro atoms.